The van der Waals surface area contributed by atoms with E-state index in [-0.39, 0.29) is 5.78 Å². The van der Waals surface area contributed by atoms with Crippen LogP contribution in [0, 0.1) is 6.92 Å². The van der Waals surface area contributed by atoms with Crippen LogP contribution in [0.2, 0.25) is 0 Å². The lowest BCUT2D eigenvalue weighted by Crippen LogP contribution is -2.00. The van der Waals surface area contributed by atoms with Crippen LogP contribution in [0.4, 0.5) is 0 Å². The molecule has 4 rings (SSSR count). The van der Waals surface area contributed by atoms with E-state index in [0.717, 1.165) is 34.9 Å². The lowest BCUT2D eigenvalue weighted by Gasteiger charge is -2.03. The maximum atomic E-state index is 12.8. The highest BCUT2D eigenvalue weighted by molar-refractivity contribution is 9.09. The van der Waals surface area contributed by atoms with Crippen LogP contribution in [0.3, 0.4) is 0 Å². The smallest absolute Gasteiger partial charge is 0.228 e. The number of benzene rings is 2. The number of ketones is 1. The number of unbranched alkanes of at least 4 members (excludes halogenated alkanes) is 3. The number of hydrogen-bond donors (Lipinski definition) is 0. The molecule has 0 radical (unpaired) electrons. The number of ether oxygens (including phenoxy) is 1. The van der Waals surface area contributed by atoms with Gasteiger partial charge in [0.1, 0.15) is 23.6 Å². The van der Waals surface area contributed by atoms with Crippen molar-refractivity contribution in [2.24, 2.45) is 0 Å². The summed E-state index contributed by atoms with van der Waals surface area (Å²) in [6, 6.07) is 14.8. The van der Waals surface area contributed by atoms with E-state index in [0.29, 0.717) is 29.3 Å². The van der Waals surface area contributed by atoms with Gasteiger partial charge >= 0.3 is 0 Å². The van der Waals surface area contributed by atoms with E-state index in [1.807, 2.05) is 54.2 Å². The first kappa shape index (κ1) is 22.3. The van der Waals surface area contributed by atoms with Gasteiger partial charge in [-0.15, -0.1) is 5.10 Å². The van der Waals surface area contributed by atoms with Gasteiger partial charge in [-0.1, -0.05) is 64.3 Å². The number of alkyl halides is 1. The molecule has 0 spiro atoms. The van der Waals surface area contributed by atoms with Gasteiger partial charge in [0.15, 0.2) is 5.76 Å². The molecule has 0 fully saturated rings. The molecule has 0 saturated carbocycles. The van der Waals surface area contributed by atoms with Crippen LogP contribution in [-0.2, 0) is 13.2 Å². The minimum Gasteiger partial charge on any atom is -0.487 e. The number of aromatic nitrogens is 3. The molecule has 0 aliphatic rings. The minimum absolute atomic E-state index is 0.120. The average Bonchev–Trinajstić information content (AvgIpc) is 3.41. The van der Waals surface area contributed by atoms with Gasteiger partial charge in [0.2, 0.25) is 5.78 Å². The number of carbonyl (C=O) groups is 1. The maximum absolute atomic E-state index is 12.8. The van der Waals surface area contributed by atoms with Crippen LogP contribution in [0.1, 0.15) is 53.1 Å². The summed E-state index contributed by atoms with van der Waals surface area (Å²) in [5.41, 5.74) is 2.85. The second kappa shape index (κ2) is 10.6. The van der Waals surface area contributed by atoms with Crippen LogP contribution < -0.4 is 4.74 Å². The molecule has 166 valence electrons. The standard InChI is InChI=1S/C25H26BrN3O3/c1-18-22-12-11-21(15-23(22)32-25(18)24(30)19-9-5-4-6-10-19)31-17-20-16-29(28-27-20)14-8-3-2-7-13-26/h4-6,9-12,15-16H,2-3,7-8,13-14,17H2,1H3. The molecule has 0 bridgehead atoms. The third kappa shape index (κ3) is 5.27. The van der Waals surface area contributed by atoms with E-state index >= 15 is 0 Å². The molecule has 6 nitrogen and oxygen atoms in total. The highest BCUT2D eigenvalue weighted by Crippen LogP contribution is 2.30. The zero-order chi connectivity index (χ0) is 22.3. The third-order valence-corrected chi connectivity index (χ3v) is 5.96. The van der Waals surface area contributed by atoms with Gasteiger partial charge in [-0.2, -0.15) is 0 Å². The molecule has 2 heterocycles. The van der Waals surface area contributed by atoms with Crippen molar-refractivity contribution in [1.29, 1.82) is 0 Å². The van der Waals surface area contributed by atoms with E-state index < -0.39 is 0 Å². The lowest BCUT2D eigenvalue weighted by molar-refractivity contribution is 0.101. The Morgan fingerprint density at radius 1 is 1.09 bits per heavy atom. The van der Waals surface area contributed by atoms with Gasteiger partial charge in [0, 0.05) is 34.5 Å². The maximum Gasteiger partial charge on any atom is 0.228 e. The first-order chi connectivity index (χ1) is 15.7. The highest BCUT2D eigenvalue weighted by Gasteiger charge is 2.19. The third-order valence-electron chi connectivity index (χ3n) is 5.40. The number of furan rings is 1. The molecule has 0 amide bonds. The van der Waals surface area contributed by atoms with Crippen LogP contribution >= 0.6 is 15.9 Å². The van der Waals surface area contributed by atoms with Crippen LogP contribution in [0.15, 0.2) is 59.1 Å². The molecule has 0 aliphatic carbocycles. The van der Waals surface area contributed by atoms with Gasteiger partial charge < -0.3 is 9.15 Å². The predicted octanol–water partition coefficient (Wildman–Crippen LogP) is 6.10. The largest absolute Gasteiger partial charge is 0.487 e. The molecule has 0 atom stereocenters. The summed E-state index contributed by atoms with van der Waals surface area (Å²) in [7, 11) is 0. The zero-order valence-electron chi connectivity index (χ0n) is 18.1. The summed E-state index contributed by atoms with van der Waals surface area (Å²) < 4.78 is 13.7. The Balaban J connectivity index is 1.39. The zero-order valence-corrected chi connectivity index (χ0v) is 19.7. The Morgan fingerprint density at radius 2 is 1.91 bits per heavy atom. The highest BCUT2D eigenvalue weighted by atomic mass is 79.9. The number of rotatable bonds is 11. The predicted molar refractivity (Wildman–Crippen MR) is 127 cm³/mol. The number of carbonyl (C=O) groups excluding carboxylic acids is 1. The van der Waals surface area contributed by atoms with Crippen molar-refractivity contribution in [1.82, 2.24) is 15.0 Å². The Kier molecular flexibility index (Phi) is 7.37. The quantitative estimate of drug-likeness (QED) is 0.143. The van der Waals surface area contributed by atoms with E-state index in [1.165, 1.54) is 19.3 Å². The van der Waals surface area contributed by atoms with Crippen molar-refractivity contribution >= 4 is 32.7 Å². The molecular formula is C25H26BrN3O3. The van der Waals surface area contributed by atoms with Gasteiger partial charge in [0.05, 0.1) is 6.20 Å². The van der Waals surface area contributed by atoms with Gasteiger partial charge in [-0.25, -0.2) is 0 Å². The van der Waals surface area contributed by atoms with Crippen molar-refractivity contribution in [2.75, 3.05) is 5.33 Å². The molecular weight excluding hydrogens is 470 g/mol. The van der Waals surface area contributed by atoms with Crippen molar-refractivity contribution in [2.45, 2.75) is 45.8 Å². The summed E-state index contributed by atoms with van der Waals surface area (Å²) >= 11 is 3.46. The number of fused-ring (bicyclic) bond motifs is 1. The fraction of sp³-hybridized carbons (Fsp3) is 0.320. The summed E-state index contributed by atoms with van der Waals surface area (Å²) in [5, 5.41) is 10.3. The number of hydrogen-bond acceptors (Lipinski definition) is 5. The van der Waals surface area contributed by atoms with Crippen LogP contribution in [-0.4, -0.2) is 26.1 Å². The topological polar surface area (TPSA) is 70.2 Å². The molecule has 7 heteroatoms. The lowest BCUT2D eigenvalue weighted by atomic mass is 10.0. The van der Waals surface area contributed by atoms with Gasteiger partial charge in [-0.05, 0) is 31.9 Å². The summed E-state index contributed by atoms with van der Waals surface area (Å²) in [4.78, 5) is 12.8. The Hall–Kier alpha value is -2.93. The van der Waals surface area contributed by atoms with Crippen LogP contribution in [0.5, 0.6) is 5.75 Å². The van der Waals surface area contributed by atoms with Crippen molar-refractivity contribution in [3.63, 3.8) is 0 Å². The number of aryl methyl sites for hydroxylation is 2. The van der Waals surface area contributed by atoms with E-state index in [1.54, 1.807) is 12.1 Å². The summed E-state index contributed by atoms with van der Waals surface area (Å²) in [5.74, 6) is 0.905. The molecule has 0 aliphatic heterocycles. The van der Waals surface area contributed by atoms with Crippen molar-refractivity contribution < 1.29 is 13.9 Å². The first-order valence-electron chi connectivity index (χ1n) is 10.9. The molecule has 0 unspecified atom stereocenters. The molecule has 0 N–H and O–H groups in total. The monoisotopic (exact) mass is 495 g/mol. The van der Waals surface area contributed by atoms with Crippen molar-refractivity contribution in [3.05, 3.63) is 77.3 Å². The minimum atomic E-state index is -0.120. The summed E-state index contributed by atoms with van der Waals surface area (Å²) in [6.45, 7) is 3.09. The fourth-order valence-corrected chi connectivity index (χ4v) is 4.02. The Bertz CT molecular complexity index is 1180. The van der Waals surface area contributed by atoms with E-state index in [9.17, 15) is 4.79 Å². The van der Waals surface area contributed by atoms with E-state index in [2.05, 4.69) is 26.2 Å². The fourth-order valence-electron chi connectivity index (χ4n) is 3.63. The van der Waals surface area contributed by atoms with Crippen LogP contribution in [0.25, 0.3) is 11.0 Å². The molecule has 2 aromatic heterocycles. The number of nitrogens with zero attached hydrogens (tertiary/aromatic N) is 3. The number of halogens is 1. The SMILES string of the molecule is Cc1c(C(=O)c2ccccc2)oc2cc(OCc3cn(CCCCCCBr)nn3)ccc12. The van der Waals surface area contributed by atoms with E-state index in [4.69, 9.17) is 9.15 Å². The molecule has 4 aromatic rings. The first-order valence-corrected chi connectivity index (χ1v) is 12.0. The molecule has 0 saturated heterocycles. The summed E-state index contributed by atoms with van der Waals surface area (Å²) in [6.07, 6.45) is 6.64. The average molecular weight is 496 g/mol. The Morgan fingerprint density at radius 3 is 2.72 bits per heavy atom. The second-order valence-corrected chi connectivity index (χ2v) is 8.57. The molecule has 2 aromatic carbocycles. The Labute approximate surface area is 195 Å². The second-order valence-electron chi connectivity index (χ2n) is 7.77. The van der Waals surface area contributed by atoms with Gasteiger partial charge in [0.25, 0.3) is 0 Å². The molecule has 32 heavy (non-hydrogen) atoms. The van der Waals surface area contributed by atoms with Gasteiger partial charge in [-0.3, -0.25) is 9.48 Å². The van der Waals surface area contributed by atoms with Crippen molar-refractivity contribution in [3.8, 4) is 5.75 Å². The normalized spacial score (nSPS) is 11.2.